The second-order valence-corrected chi connectivity index (χ2v) is 7.44. The Morgan fingerprint density at radius 1 is 1.33 bits per heavy atom. The van der Waals surface area contributed by atoms with Crippen molar-refractivity contribution in [3.05, 3.63) is 29.6 Å². The number of piperazine rings is 1. The van der Waals surface area contributed by atoms with Crippen LogP contribution in [0.1, 0.15) is 32.3 Å². The third-order valence-electron chi connectivity index (χ3n) is 4.09. The molecule has 21 heavy (non-hydrogen) atoms. The van der Waals surface area contributed by atoms with Crippen molar-refractivity contribution >= 4 is 10.0 Å². The van der Waals surface area contributed by atoms with E-state index in [4.69, 9.17) is 0 Å². The van der Waals surface area contributed by atoms with Gasteiger partial charge in [0.05, 0.1) is 0 Å². The number of nitrogens with one attached hydrogen (secondary N) is 1. The molecule has 1 aromatic carbocycles. The van der Waals surface area contributed by atoms with Crippen LogP contribution in [0.3, 0.4) is 0 Å². The fraction of sp³-hybridized carbons (Fsp3) is 0.600. The van der Waals surface area contributed by atoms with Crippen LogP contribution in [0.25, 0.3) is 0 Å². The standard InChI is InChI=1S/C15H23FN2O2S/c1-4-12-10-18(13(5-2)9-17-12)21(19,20)15-8-11(3)6-7-14(15)16/h6-8,12-13,17H,4-5,9-10H2,1-3H3. The summed E-state index contributed by atoms with van der Waals surface area (Å²) in [6.07, 6.45) is 1.55. The first-order valence-electron chi connectivity index (χ1n) is 7.41. The van der Waals surface area contributed by atoms with Gasteiger partial charge in [-0.15, -0.1) is 0 Å². The summed E-state index contributed by atoms with van der Waals surface area (Å²) in [5.74, 6) is -0.679. The normalized spacial score (nSPS) is 24.2. The minimum atomic E-state index is -3.80. The van der Waals surface area contributed by atoms with E-state index < -0.39 is 15.8 Å². The molecule has 6 heteroatoms. The van der Waals surface area contributed by atoms with Gasteiger partial charge in [0, 0.05) is 25.2 Å². The lowest BCUT2D eigenvalue weighted by molar-refractivity contribution is 0.215. The highest BCUT2D eigenvalue weighted by Crippen LogP contribution is 2.25. The van der Waals surface area contributed by atoms with Crippen molar-refractivity contribution in [2.24, 2.45) is 0 Å². The Kier molecular flexibility index (Phi) is 5.01. The number of nitrogens with zero attached hydrogens (tertiary/aromatic N) is 1. The van der Waals surface area contributed by atoms with Gasteiger partial charge in [-0.1, -0.05) is 19.9 Å². The molecule has 1 N–H and O–H groups in total. The summed E-state index contributed by atoms with van der Waals surface area (Å²) in [4.78, 5) is -0.210. The SMILES string of the molecule is CCC1CN(S(=O)(=O)c2cc(C)ccc2F)C(CC)CN1. The summed E-state index contributed by atoms with van der Waals surface area (Å²) in [6, 6.07) is 4.22. The van der Waals surface area contributed by atoms with Crippen molar-refractivity contribution in [1.82, 2.24) is 9.62 Å². The van der Waals surface area contributed by atoms with E-state index in [0.29, 0.717) is 19.5 Å². The first-order chi connectivity index (χ1) is 9.90. The summed E-state index contributed by atoms with van der Waals surface area (Å²) in [5.41, 5.74) is 0.741. The third kappa shape index (κ3) is 3.27. The largest absolute Gasteiger partial charge is 0.311 e. The highest BCUT2D eigenvalue weighted by atomic mass is 32.2. The number of hydrogen-bond donors (Lipinski definition) is 1. The minimum Gasteiger partial charge on any atom is -0.311 e. The van der Waals surface area contributed by atoms with Gasteiger partial charge in [-0.3, -0.25) is 0 Å². The summed E-state index contributed by atoms with van der Waals surface area (Å²) in [6.45, 7) is 6.74. The fourth-order valence-electron chi connectivity index (χ4n) is 2.69. The molecule has 1 aliphatic rings. The molecule has 1 aromatic rings. The van der Waals surface area contributed by atoms with E-state index in [1.165, 1.54) is 16.4 Å². The summed E-state index contributed by atoms with van der Waals surface area (Å²) >= 11 is 0. The van der Waals surface area contributed by atoms with Gasteiger partial charge < -0.3 is 5.32 Å². The van der Waals surface area contributed by atoms with Crippen molar-refractivity contribution in [3.63, 3.8) is 0 Å². The molecule has 1 aliphatic heterocycles. The van der Waals surface area contributed by atoms with Gasteiger partial charge in [0.1, 0.15) is 10.7 Å². The fourth-order valence-corrected chi connectivity index (χ4v) is 4.58. The van der Waals surface area contributed by atoms with Crippen molar-refractivity contribution in [2.45, 2.75) is 50.6 Å². The Labute approximate surface area is 126 Å². The second-order valence-electron chi connectivity index (χ2n) is 5.58. The molecule has 1 heterocycles. The molecule has 2 unspecified atom stereocenters. The van der Waals surface area contributed by atoms with Crippen LogP contribution in [-0.4, -0.2) is 37.9 Å². The zero-order valence-electron chi connectivity index (χ0n) is 12.8. The molecule has 0 amide bonds. The van der Waals surface area contributed by atoms with Crippen LogP contribution in [0.15, 0.2) is 23.1 Å². The zero-order chi connectivity index (χ0) is 15.6. The Bertz CT molecular complexity index is 604. The lowest BCUT2D eigenvalue weighted by Crippen LogP contribution is -2.57. The molecule has 0 radical (unpaired) electrons. The number of rotatable bonds is 4. The Hall–Kier alpha value is -0.980. The van der Waals surface area contributed by atoms with Gasteiger partial charge >= 0.3 is 0 Å². The lowest BCUT2D eigenvalue weighted by Gasteiger charge is -2.38. The van der Waals surface area contributed by atoms with Crippen molar-refractivity contribution in [1.29, 1.82) is 0 Å². The summed E-state index contributed by atoms with van der Waals surface area (Å²) in [7, 11) is -3.80. The van der Waals surface area contributed by atoms with Crippen LogP contribution < -0.4 is 5.32 Å². The molecule has 2 atom stereocenters. The number of aryl methyl sites for hydroxylation is 1. The molecule has 0 bridgehead atoms. The van der Waals surface area contributed by atoms with Crippen molar-refractivity contribution in [3.8, 4) is 0 Å². The van der Waals surface area contributed by atoms with E-state index >= 15 is 0 Å². The van der Waals surface area contributed by atoms with E-state index in [-0.39, 0.29) is 17.0 Å². The molecule has 0 aliphatic carbocycles. The molecular weight excluding hydrogens is 291 g/mol. The Morgan fingerprint density at radius 3 is 2.67 bits per heavy atom. The predicted molar refractivity (Wildman–Crippen MR) is 81.2 cm³/mol. The molecule has 0 saturated carbocycles. The van der Waals surface area contributed by atoms with E-state index in [9.17, 15) is 12.8 Å². The van der Waals surface area contributed by atoms with Crippen LogP contribution in [0, 0.1) is 12.7 Å². The maximum atomic E-state index is 14.0. The number of benzene rings is 1. The average molecular weight is 314 g/mol. The molecule has 0 spiro atoms. The molecule has 0 aromatic heterocycles. The maximum Gasteiger partial charge on any atom is 0.246 e. The quantitative estimate of drug-likeness (QED) is 0.927. The van der Waals surface area contributed by atoms with E-state index in [1.54, 1.807) is 13.0 Å². The molecule has 4 nitrogen and oxygen atoms in total. The van der Waals surface area contributed by atoms with Crippen molar-refractivity contribution in [2.75, 3.05) is 13.1 Å². The van der Waals surface area contributed by atoms with E-state index in [1.807, 2.05) is 13.8 Å². The zero-order valence-corrected chi connectivity index (χ0v) is 13.6. The number of halogens is 1. The van der Waals surface area contributed by atoms with Gasteiger partial charge in [-0.25, -0.2) is 12.8 Å². The highest BCUT2D eigenvalue weighted by molar-refractivity contribution is 7.89. The van der Waals surface area contributed by atoms with E-state index in [2.05, 4.69) is 5.32 Å². The van der Waals surface area contributed by atoms with Crippen LogP contribution >= 0.6 is 0 Å². The number of sulfonamides is 1. The smallest absolute Gasteiger partial charge is 0.246 e. The molecule has 2 rings (SSSR count). The third-order valence-corrected chi connectivity index (χ3v) is 6.02. The van der Waals surface area contributed by atoms with Crippen molar-refractivity contribution < 1.29 is 12.8 Å². The first kappa shape index (κ1) is 16.4. The summed E-state index contributed by atoms with van der Waals surface area (Å²) < 4.78 is 41.2. The molecule has 1 saturated heterocycles. The molecular formula is C15H23FN2O2S. The first-order valence-corrected chi connectivity index (χ1v) is 8.85. The van der Waals surface area contributed by atoms with Crippen LogP contribution in [-0.2, 0) is 10.0 Å². The van der Waals surface area contributed by atoms with Crippen LogP contribution in [0.5, 0.6) is 0 Å². The van der Waals surface area contributed by atoms with E-state index in [0.717, 1.165) is 12.0 Å². The van der Waals surface area contributed by atoms with Gasteiger partial charge in [-0.2, -0.15) is 4.31 Å². The second kappa shape index (κ2) is 6.42. The minimum absolute atomic E-state index is 0.121. The monoisotopic (exact) mass is 314 g/mol. The average Bonchev–Trinajstić information content (AvgIpc) is 2.48. The van der Waals surface area contributed by atoms with Gasteiger partial charge in [0.2, 0.25) is 10.0 Å². The van der Waals surface area contributed by atoms with Crippen LogP contribution in [0.2, 0.25) is 0 Å². The molecule has 1 fully saturated rings. The lowest BCUT2D eigenvalue weighted by atomic mass is 10.1. The van der Waals surface area contributed by atoms with Gasteiger partial charge in [0.25, 0.3) is 0 Å². The van der Waals surface area contributed by atoms with Crippen LogP contribution in [0.4, 0.5) is 4.39 Å². The van der Waals surface area contributed by atoms with Gasteiger partial charge in [-0.05, 0) is 37.5 Å². The maximum absolute atomic E-state index is 14.0. The molecule has 118 valence electrons. The Balaban J connectivity index is 2.42. The summed E-state index contributed by atoms with van der Waals surface area (Å²) in [5, 5.41) is 3.35. The predicted octanol–water partition coefficient (Wildman–Crippen LogP) is 2.29. The van der Waals surface area contributed by atoms with Gasteiger partial charge in [0.15, 0.2) is 0 Å². The topological polar surface area (TPSA) is 49.4 Å². The number of hydrogen-bond acceptors (Lipinski definition) is 3. The Morgan fingerprint density at radius 2 is 2.05 bits per heavy atom. The highest BCUT2D eigenvalue weighted by Gasteiger charge is 2.36.